The van der Waals surface area contributed by atoms with Gasteiger partial charge in [-0.05, 0) is 18.2 Å². The van der Waals surface area contributed by atoms with E-state index >= 15 is 0 Å². The quantitative estimate of drug-likeness (QED) is 0.663. The molecular weight excluding hydrogens is 320 g/mol. The zero-order valence-electron chi connectivity index (χ0n) is 10.8. The Morgan fingerprint density at radius 2 is 1.95 bits per heavy atom. The standard InChI is InChI=1S/C14H8F4N2OS/c15-8-3-13(22-7-8)11-2-1-9(4-12(11)14(16,17)18)20-10-5-19-21-6-10/h1-7,20H. The van der Waals surface area contributed by atoms with Crippen molar-refractivity contribution in [3.63, 3.8) is 0 Å². The number of thiophene rings is 1. The number of nitrogens with zero attached hydrogens (tertiary/aromatic N) is 1. The maximum atomic E-state index is 13.3. The summed E-state index contributed by atoms with van der Waals surface area (Å²) in [5.41, 5.74) is -0.229. The third kappa shape index (κ3) is 2.96. The summed E-state index contributed by atoms with van der Waals surface area (Å²) in [6, 6.07) is 4.85. The molecule has 0 aliphatic rings. The Labute approximate surface area is 126 Å². The molecule has 0 saturated carbocycles. The smallest absolute Gasteiger partial charge is 0.363 e. The molecule has 1 N–H and O–H groups in total. The lowest BCUT2D eigenvalue weighted by molar-refractivity contribution is -0.137. The van der Waals surface area contributed by atoms with Crippen molar-refractivity contribution in [1.29, 1.82) is 0 Å². The van der Waals surface area contributed by atoms with Gasteiger partial charge in [0.25, 0.3) is 0 Å². The lowest BCUT2D eigenvalue weighted by Gasteiger charge is -2.14. The van der Waals surface area contributed by atoms with Crippen molar-refractivity contribution >= 4 is 22.7 Å². The Bertz CT molecular complexity index is 780. The summed E-state index contributed by atoms with van der Waals surface area (Å²) < 4.78 is 57.4. The summed E-state index contributed by atoms with van der Waals surface area (Å²) in [5.74, 6) is -0.556. The van der Waals surface area contributed by atoms with Gasteiger partial charge in [0.1, 0.15) is 12.1 Å². The number of rotatable bonds is 3. The molecule has 0 unspecified atom stereocenters. The molecule has 0 atom stereocenters. The average Bonchev–Trinajstić information content (AvgIpc) is 3.09. The number of benzene rings is 1. The maximum Gasteiger partial charge on any atom is 0.417 e. The number of aromatic nitrogens is 1. The molecule has 3 rings (SSSR count). The maximum absolute atomic E-state index is 13.3. The van der Waals surface area contributed by atoms with Crippen molar-refractivity contribution in [2.75, 3.05) is 5.32 Å². The van der Waals surface area contributed by atoms with Gasteiger partial charge in [-0.2, -0.15) is 13.2 Å². The molecular formula is C14H8F4N2OS. The number of halogens is 4. The van der Waals surface area contributed by atoms with E-state index in [-0.39, 0.29) is 16.1 Å². The van der Waals surface area contributed by atoms with Crippen LogP contribution in [-0.2, 0) is 6.18 Å². The fourth-order valence-corrected chi connectivity index (χ4v) is 2.75. The summed E-state index contributed by atoms with van der Waals surface area (Å²) in [6.07, 6.45) is -1.94. The van der Waals surface area contributed by atoms with Crippen LogP contribution in [0.3, 0.4) is 0 Å². The van der Waals surface area contributed by atoms with Gasteiger partial charge in [0.2, 0.25) is 0 Å². The molecule has 0 spiro atoms. The van der Waals surface area contributed by atoms with Gasteiger partial charge in [0.15, 0.2) is 0 Å². The fourth-order valence-electron chi connectivity index (χ4n) is 1.96. The second kappa shape index (κ2) is 5.45. The minimum Gasteiger partial charge on any atom is -0.363 e. The van der Waals surface area contributed by atoms with Crippen LogP contribution in [-0.4, -0.2) is 5.16 Å². The van der Waals surface area contributed by atoms with E-state index in [2.05, 4.69) is 15.0 Å². The first-order chi connectivity index (χ1) is 10.4. The highest BCUT2D eigenvalue weighted by molar-refractivity contribution is 7.13. The van der Waals surface area contributed by atoms with Crippen molar-refractivity contribution in [3.8, 4) is 10.4 Å². The predicted octanol–water partition coefficient (Wildman–Crippen LogP) is 5.30. The zero-order chi connectivity index (χ0) is 15.7. The molecule has 0 amide bonds. The van der Waals surface area contributed by atoms with Crippen molar-refractivity contribution in [3.05, 3.63) is 53.5 Å². The number of hydrogen-bond acceptors (Lipinski definition) is 4. The first-order valence-electron chi connectivity index (χ1n) is 6.05. The lowest BCUT2D eigenvalue weighted by Crippen LogP contribution is -2.07. The minimum atomic E-state index is -4.55. The van der Waals surface area contributed by atoms with Gasteiger partial charge in [0.05, 0.1) is 17.4 Å². The summed E-state index contributed by atoms with van der Waals surface area (Å²) in [4.78, 5) is 0.223. The molecule has 0 saturated heterocycles. The largest absolute Gasteiger partial charge is 0.417 e. The van der Waals surface area contributed by atoms with Gasteiger partial charge >= 0.3 is 6.18 Å². The molecule has 0 aliphatic heterocycles. The van der Waals surface area contributed by atoms with Crippen molar-refractivity contribution in [1.82, 2.24) is 5.16 Å². The second-order valence-electron chi connectivity index (χ2n) is 4.43. The lowest BCUT2D eigenvalue weighted by atomic mass is 10.0. The highest BCUT2D eigenvalue weighted by Crippen LogP contribution is 2.40. The highest BCUT2D eigenvalue weighted by Gasteiger charge is 2.34. The van der Waals surface area contributed by atoms with Gasteiger partial charge in [-0.25, -0.2) is 4.39 Å². The summed E-state index contributed by atoms with van der Waals surface area (Å²) in [7, 11) is 0. The van der Waals surface area contributed by atoms with E-state index in [0.717, 1.165) is 23.5 Å². The van der Waals surface area contributed by atoms with E-state index in [1.165, 1.54) is 30.0 Å². The van der Waals surface area contributed by atoms with Crippen LogP contribution in [0.4, 0.5) is 28.9 Å². The Morgan fingerprint density at radius 1 is 1.14 bits per heavy atom. The topological polar surface area (TPSA) is 38.1 Å². The molecule has 0 aliphatic carbocycles. The third-order valence-electron chi connectivity index (χ3n) is 2.88. The van der Waals surface area contributed by atoms with Crippen molar-refractivity contribution in [2.24, 2.45) is 0 Å². The highest BCUT2D eigenvalue weighted by atomic mass is 32.1. The second-order valence-corrected chi connectivity index (χ2v) is 5.34. The van der Waals surface area contributed by atoms with E-state index in [0.29, 0.717) is 5.69 Å². The average molecular weight is 328 g/mol. The molecule has 3 nitrogen and oxygen atoms in total. The molecule has 0 bridgehead atoms. The summed E-state index contributed by atoms with van der Waals surface area (Å²) in [6.45, 7) is 0. The monoisotopic (exact) mass is 328 g/mol. The van der Waals surface area contributed by atoms with E-state index < -0.39 is 17.6 Å². The number of nitrogens with one attached hydrogen (secondary N) is 1. The SMILES string of the molecule is Fc1csc(-c2ccc(Nc3cnoc3)cc2C(F)(F)F)c1. The summed E-state index contributed by atoms with van der Waals surface area (Å²) >= 11 is 0.924. The molecule has 8 heteroatoms. The Morgan fingerprint density at radius 3 is 2.55 bits per heavy atom. The first kappa shape index (κ1) is 14.6. The van der Waals surface area contributed by atoms with Gasteiger partial charge in [-0.1, -0.05) is 11.2 Å². The first-order valence-corrected chi connectivity index (χ1v) is 6.93. The molecule has 0 fully saturated rings. The molecule has 114 valence electrons. The minimum absolute atomic E-state index is 0.0581. The number of hydrogen-bond donors (Lipinski definition) is 1. The molecule has 3 aromatic rings. The van der Waals surface area contributed by atoms with Crippen LogP contribution >= 0.6 is 11.3 Å². The van der Waals surface area contributed by atoms with Crippen LogP contribution in [0.15, 0.2) is 46.6 Å². The van der Waals surface area contributed by atoms with E-state index in [9.17, 15) is 17.6 Å². The summed E-state index contributed by atoms with van der Waals surface area (Å²) in [5, 5.41) is 7.38. The number of anilines is 2. The van der Waals surface area contributed by atoms with E-state index in [1.54, 1.807) is 0 Å². The van der Waals surface area contributed by atoms with E-state index in [1.807, 2.05) is 0 Å². The van der Waals surface area contributed by atoms with Gasteiger partial charge < -0.3 is 9.84 Å². The van der Waals surface area contributed by atoms with Crippen molar-refractivity contribution < 1.29 is 22.1 Å². The van der Waals surface area contributed by atoms with Crippen LogP contribution in [0.5, 0.6) is 0 Å². The van der Waals surface area contributed by atoms with E-state index in [4.69, 9.17) is 0 Å². The Kier molecular flexibility index (Phi) is 3.61. The zero-order valence-corrected chi connectivity index (χ0v) is 11.6. The van der Waals surface area contributed by atoms with Crippen LogP contribution in [0.25, 0.3) is 10.4 Å². The molecule has 22 heavy (non-hydrogen) atoms. The van der Waals surface area contributed by atoms with Gasteiger partial charge in [-0.15, -0.1) is 11.3 Å². The van der Waals surface area contributed by atoms with Gasteiger partial charge in [-0.3, -0.25) is 0 Å². The fraction of sp³-hybridized carbons (Fsp3) is 0.0714. The Balaban J connectivity index is 2.04. The molecule has 2 aromatic heterocycles. The third-order valence-corrected chi connectivity index (χ3v) is 3.81. The Hall–Kier alpha value is -2.35. The van der Waals surface area contributed by atoms with Crippen LogP contribution in [0, 0.1) is 5.82 Å². The van der Waals surface area contributed by atoms with Crippen LogP contribution < -0.4 is 5.32 Å². The molecule has 1 aromatic carbocycles. The van der Waals surface area contributed by atoms with Crippen LogP contribution in [0.1, 0.15) is 5.56 Å². The van der Waals surface area contributed by atoms with Crippen LogP contribution in [0.2, 0.25) is 0 Å². The number of alkyl halides is 3. The molecule has 2 heterocycles. The normalized spacial score (nSPS) is 11.6. The van der Waals surface area contributed by atoms with Crippen molar-refractivity contribution in [2.45, 2.75) is 6.18 Å². The predicted molar refractivity (Wildman–Crippen MR) is 74.5 cm³/mol. The molecule has 0 radical (unpaired) electrons. The van der Waals surface area contributed by atoms with Gasteiger partial charge in [0, 0.05) is 21.5 Å².